The molecule has 3 heterocycles. The fourth-order valence-electron chi connectivity index (χ4n) is 3.83. The number of aromatic nitrogens is 1. The van der Waals surface area contributed by atoms with Crippen molar-refractivity contribution in [1.29, 1.82) is 0 Å². The van der Waals surface area contributed by atoms with Crippen molar-refractivity contribution >= 4 is 50.8 Å². The number of thiazole rings is 1. The quantitative estimate of drug-likeness (QED) is 0.517. The van der Waals surface area contributed by atoms with Crippen molar-refractivity contribution in [2.24, 2.45) is 0 Å². The highest BCUT2D eigenvalue weighted by Gasteiger charge is 2.31. The van der Waals surface area contributed by atoms with Crippen molar-refractivity contribution in [3.8, 4) is 11.5 Å². The molecular formula is C21H19ClN2O3S2. The molecule has 2 aliphatic heterocycles. The molecule has 29 heavy (non-hydrogen) atoms. The van der Waals surface area contributed by atoms with E-state index >= 15 is 0 Å². The molecule has 5 nitrogen and oxygen atoms in total. The first-order valence-corrected chi connectivity index (χ1v) is 11.7. The Hall–Kier alpha value is -1.96. The van der Waals surface area contributed by atoms with Crippen molar-refractivity contribution in [2.45, 2.75) is 23.2 Å². The summed E-state index contributed by atoms with van der Waals surface area (Å²) in [6, 6.07) is 11.8. The monoisotopic (exact) mass is 446 g/mol. The van der Waals surface area contributed by atoms with Gasteiger partial charge in [-0.05, 0) is 48.7 Å². The lowest BCUT2D eigenvalue weighted by Crippen LogP contribution is -2.32. The summed E-state index contributed by atoms with van der Waals surface area (Å²) >= 11 is 9.13. The number of fused-ring (bicyclic) bond motifs is 2. The Morgan fingerprint density at radius 3 is 2.97 bits per heavy atom. The van der Waals surface area contributed by atoms with Gasteiger partial charge >= 0.3 is 0 Å². The van der Waals surface area contributed by atoms with Crippen LogP contribution in [0, 0.1) is 0 Å². The number of halogens is 1. The van der Waals surface area contributed by atoms with Crippen molar-refractivity contribution in [3.63, 3.8) is 0 Å². The van der Waals surface area contributed by atoms with Crippen molar-refractivity contribution in [2.75, 3.05) is 25.5 Å². The standard InChI is InChI=1S/C21H19ClN2O3S2/c22-14-4-6-19-15(11-14)23-21(29-19)28-12-20(25)24-7-1-2-16(24)13-3-5-17-18(10-13)27-9-8-26-17/h3-6,10-11,16H,1-2,7-9,12H2/t16-/m1/s1. The van der Waals surface area contributed by atoms with Crippen LogP contribution in [-0.4, -0.2) is 41.3 Å². The van der Waals surface area contributed by atoms with Crippen LogP contribution in [0.25, 0.3) is 10.2 Å². The van der Waals surface area contributed by atoms with E-state index in [1.165, 1.54) is 11.8 Å². The fraction of sp³-hybridized carbons (Fsp3) is 0.333. The number of nitrogens with zero attached hydrogens (tertiary/aromatic N) is 2. The Kier molecular flexibility index (Phi) is 5.28. The van der Waals surface area contributed by atoms with Crippen LogP contribution in [0.4, 0.5) is 0 Å². The molecule has 0 N–H and O–H groups in total. The first kappa shape index (κ1) is 19.0. The van der Waals surface area contributed by atoms with Crippen LogP contribution in [-0.2, 0) is 4.79 Å². The molecule has 5 rings (SSSR count). The Morgan fingerprint density at radius 2 is 2.07 bits per heavy atom. The molecule has 0 unspecified atom stereocenters. The summed E-state index contributed by atoms with van der Waals surface area (Å²) in [5.74, 6) is 2.08. The number of likely N-dealkylation sites (tertiary alicyclic amines) is 1. The maximum Gasteiger partial charge on any atom is 0.233 e. The zero-order valence-electron chi connectivity index (χ0n) is 15.6. The minimum absolute atomic E-state index is 0.0908. The van der Waals surface area contributed by atoms with E-state index in [-0.39, 0.29) is 11.9 Å². The van der Waals surface area contributed by atoms with Crippen LogP contribution in [0.2, 0.25) is 5.02 Å². The Bertz CT molecular complexity index is 1070. The lowest BCUT2D eigenvalue weighted by Gasteiger charge is -2.26. The first-order chi connectivity index (χ1) is 14.2. The lowest BCUT2D eigenvalue weighted by atomic mass is 10.0. The molecule has 3 aromatic rings. The summed E-state index contributed by atoms with van der Waals surface area (Å²) < 4.78 is 13.3. The van der Waals surface area contributed by atoms with Crippen LogP contribution < -0.4 is 9.47 Å². The Balaban J connectivity index is 1.28. The highest BCUT2D eigenvalue weighted by Crippen LogP contribution is 2.39. The van der Waals surface area contributed by atoms with E-state index in [2.05, 4.69) is 4.98 Å². The molecule has 1 aromatic heterocycles. The van der Waals surface area contributed by atoms with Gasteiger partial charge in [-0.1, -0.05) is 29.4 Å². The van der Waals surface area contributed by atoms with Crippen LogP contribution in [0.5, 0.6) is 11.5 Å². The van der Waals surface area contributed by atoms with Gasteiger partial charge in [-0.3, -0.25) is 4.79 Å². The van der Waals surface area contributed by atoms with E-state index in [1.807, 2.05) is 41.3 Å². The zero-order chi connectivity index (χ0) is 19.8. The molecule has 150 valence electrons. The average Bonchev–Trinajstić information content (AvgIpc) is 3.38. The second-order valence-corrected chi connectivity index (χ2v) is 9.72. The first-order valence-electron chi connectivity index (χ1n) is 9.55. The largest absolute Gasteiger partial charge is 0.486 e. The summed E-state index contributed by atoms with van der Waals surface area (Å²) in [5.41, 5.74) is 1.99. The minimum atomic E-state index is 0.0908. The molecule has 0 aliphatic carbocycles. The van der Waals surface area contributed by atoms with Gasteiger partial charge in [0.1, 0.15) is 13.2 Å². The van der Waals surface area contributed by atoms with Gasteiger partial charge in [0, 0.05) is 11.6 Å². The van der Waals surface area contributed by atoms with E-state index in [0.717, 1.165) is 51.0 Å². The normalized spacial score (nSPS) is 18.4. The highest BCUT2D eigenvalue weighted by atomic mass is 35.5. The van der Waals surface area contributed by atoms with E-state index in [9.17, 15) is 4.79 Å². The third-order valence-corrected chi connectivity index (χ3v) is 7.57. The number of thioether (sulfide) groups is 1. The van der Waals surface area contributed by atoms with Gasteiger partial charge in [0.2, 0.25) is 5.91 Å². The Morgan fingerprint density at radius 1 is 1.21 bits per heavy atom. The number of rotatable bonds is 4. The third-order valence-electron chi connectivity index (χ3n) is 5.17. The molecule has 2 aliphatic rings. The van der Waals surface area contributed by atoms with E-state index in [0.29, 0.717) is 24.0 Å². The van der Waals surface area contributed by atoms with E-state index in [1.54, 1.807) is 11.3 Å². The van der Waals surface area contributed by atoms with E-state index in [4.69, 9.17) is 21.1 Å². The predicted molar refractivity (Wildman–Crippen MR) is 116 cm³/mol. The maximum atomic E-state index is 13.0. The topological polar surface area (TPSA) is 51.7 Å². The van der Waals surface area contributed by atoms with Gasteiger partial charge in [-0.15, -0.1) is 11.3 Å². The summed E-state index contributed by atoms with van der Waals surface area (Å²) in [7, 11) is 0. The van der Waals surface area contributed by atoms with Crippen LogP contribution >= 0.6 is 34.7 Å². The molecule has 1 saturated heterocycles. The molecule has 0 bridgehead atoms. The number of carbonyl (C=O) groups is 1. The number of hydrogen-bond acceptors (Lipinski definition) is 6. The second-order valence-electron chi connectivity index (χ2n) is 7.03. The summed E-state index contributed by atoms with van der Waals surface area (Å²) in [5, 5.41) is 0.676. The maximum absolute atomic E-state index is 13.0. The fourth-order valence-corrected chi connectivity index (χ4v) is 5.93. The van der Waals surface area contributed by atoms with Gasteiger partial charge < -0.3 is 14.4 Å². The molecule has 0 radical (unpaired) electrons. The smallest absolute Gasteiger partial charge is 0.233 e. The predicted octanol–water partition coefficient (Wildman–Crippen LogP) is 5.18. The molecular weight excluding hydrogens is 428 g/mol. The number of hydrogen-bond donors (Lipinski definition) is 0. The van der Waals surface area contributed by atoms with Crippen LogP contribution in [0.1, 0.15) is 24.4 Å². The number of ether oxygens (including phenoxy) is 2. The minimum Gasteiger partial charge on any atom is -0.486 e. The third kappa shape index (κ3) is 3.91. The van der Waals surface area contributed by atoms with Gasteiger partial charge in [-0.2, -0.15) is 0 Å². The SMILES string of the molecule is O=C(CSc1nc2cc(Cl)ccc2s1)N1CCC[C@@H]1c1ccc2c(c1)OCCO2. The molecule has 0 saturated carbocycles. The average molecular weight is 447 g/mol. The molecule has 0 spiro atoms. The number of benzene rings is 2. The van der Waals surface area contributed by atoms with Gasteiger partial charge in [0.15, 0.2) is 15.8 Å². The van der Waals surface area contributed by atoms with Gasteiger partial charge in [0.05, 0.1) is 22.0 Å². The Labute approximate surface area is 182 Å². The molecule has 2 aromatic carbocycles. The molecule has 1 amide bonds. The van der Waals surface area contributed by atoms with Gasteiger partial charge in [-0.25, -0.2) is 4.98 Å². The highest BCUT2D eigenvalue weighted by molar-refractivity contribution is 8.01. The van der Waals surface area contributed by atoms with Crippen molar-refractivity contribution < 1.29 is 14.3 Å². The summed E-state index contributed by atoms with van der Waals surface area (Å²) in [6.45, 7) is 1.93. The van der Waals surface area contributed by atoms with Crippen molar-refractivity contribution in [3.05, 3.63) is 47.0 Å². The van der Waals surface area contributed by atoms with Crippen LogP contribution in [0.15, 0.2) is 40.7 Å². The lowest BCUT2D eigenvalue weighted by molar-refractivity contribution is -0.129. The van der Waals surface area contributed by atoms with E-state index < -0.39 is 0 Å². The summed E-state index contributed by atoms with van der Waals surface area (Å²) in [4.78, 5) is 19.5. The van der Waals surface area contributed by atoms with Crippen molar-refractivity contribution in [1.82, 2.24) is 9.88 Å². The zero-order valence-corrected chi connectivity index (χ0v) is 18.0. The summed E-state index contributed by atoms with van der Waals surface area (Å²) in [6.07, 6.45) is 1.98. The number of amides is 1. The second kappa shape index (κ2) is 8.05. The van der Waals surface area contributed by atoms with Crippen LogP contribution in [0.3, 0.4) is 0 Å². The van der Waals surface area contributed by atoms with Gasteiger partial charge in [0.25, 0.3) is 0 Å². The number of carbonyl (C=O) groups excluding carboxylic acids is 1. The molecule has 8 heteroatoms. The molecule has 1 atom stereocenters. The molecule has 1 fully saturated rings.